The number of rotatable bonds is 3. The van der Waals surface area contributed by atoms with Gasteiger partial charge in [-0.25, -0.2) is 0 Å². The van der Waals surface area contributed by atoms with Crippen LogP contribution in [-0.4, -0.2) is 66.3 Å². The number of likely N-dealkylation sites (tertiary alicyclic amines) is 1. The van der Waals surface area contributed by atoms with Gasteiger partial charge < -0.3 is 14.7 Å². The Labute approximate surface area is 150 Å². The van der Waals surface area contributed by atoms with Crippen LogP contribution in [0.15, 0.2) is 30.3 Å². The third-order valence-corrected chi connectivity index (χ3v) is 5.34. The van der Waals surface area contributed by atoms with Crippen molar-refractivity contribution in [2.75, 3.05) is 39.8 Å². The summed E-state index contributed by atoms with van der Waals surface area (Å²) in [7, 11) is 2.10. The molecule has 1 unspecified atom stereocenters. The van der Waals surface area contributed by atoms with E-state index in [0.717, 1.165) is 45.3 Å². The maximum Gasteiger partial charge on any atom is 0.242 e. The molecule has 5 nitrogen and oxygen atoms in total. The average Bonchev–Trinajstić information content (AvgIpc) is 2.62. The summed E-state index contributed by atoms with van der Waals surface area (Å²) < 4.78 is 0. The number of hydrogen-bond acceptors (Lipinski definition) is 3. The summed E-state index contributed by atoms with van der Waals surface area (Å²) in [5.74, 6) is 0.217. The van der Waals surface area contributed by atoms with Crippen LogP contribution in [0.3, 0.4) is 0 Å². The zero-order valence-electron chi connectivity index (χ0n) is 15.2. The summed E-state index contributed by atoms with van der Waals surface area (Å²) >= 11 is 0. The standard InChI is InChI=1S/C20H29N3O2/c1-21-13-14-23(18(15-21)17-9-5-4-6-10-17)20(25)16-22-12-8-3-2-7-11-19(22)24/h4-6,9-10,18H,2-3,7-8,11-16H2,1H3. The molecule has 0 radical (unpaired) electrons. The van der Waals surface area contributed by atoms with Crippen LogP contribution in [-0.2, 0) is 9.59 Å². The zero-order valence-corrected chi connectivity index (χ0v) is 15.2. The SMILES string of the molecule is CN1CCN(C(=O)CN2CCCCCCC2=O)C(c2ccccc2)C1. The zero-order chi connectivity index (χ0) is 17.6. The maximum absolute atomic E-state index is 13.0. The van der Waals surface area contributed by atoms with E-state index in [1.54, 1.807) is 4.90 Å². The van der Waals surface area contributed by atoms with Gasteiger partial charge in [-0.3, -0.25) is 9.59 Å². The molecule has 25 heavy (non-hydrogen) atoms. The second-order valence-electron chi connectivity index (χ2n) is 7.26. The Morgan fingerprint density at radius 1 is 1.04 bits per heavy atom. The van der Waals surface area contributed by atoms with Crippen molar-refractivity contribution in [2.45, 2.75) is 38.1 Å². The highest BCUT2D eigenvalue weighted by Gasteiger charge is 2.31. The first-order valence-electron chi connectivity index (χ1n) is 9.46. The summed E-state index contributed by atoms with van der Waals surface area (Å²) in [5, 5.41) is 0. The van der Waals surface area contributed by atoms with Crippen molar-refractivity contribution in [3.8, 4) is 0 Å². The Balaban J connectivity index is 1.71. The van der Waals surface area contributed by atoms with Gasteiger partial charge in [0, 0.05) is 32.6 Å². The summed E-state index contributed by atoms with van der Waals surface area (Å²) in [4.78, 5) is 31.4. The molecule has 2 fully saturated rings. The van der Waals surface area contributed by atoms with Gasteiger partial charge in [-0.15, -0.1) is 0 Å². The first kappa shape index (κ1) is 17.9. The first-order valence-corrected chi connectivity index (χ1v) is 9.46. The molecule has 1 atom stereocenters. The number of carbonyl (C=O) groups excluding carboxylic acids is 2. The summed E-state index contributed by atoms with van der Waals surface area (Å²) in [6.07, 6.45) is 4.81. The largest absolute Gasteiger partial charge is 0.333 e. The molecule has 0 saturated carbocycles. The highest BCUT2D eigenvalue weighted by atomic mass is 16.2. The summed E-state index contributed by atoms with van der Waals surface area (Å²) in [5.41, 5.74) is 1.17. The van der Waals surface area contributed by atoms with Crippen LogP contribution in [0.1, 0.15) is 43.7 Å². The first-order chi connectivity index (χ1) is 12.1. The molecule has 2 heterocycles. The Bertz CT molecular complexity index is 590. The van der Waals surface area contributed by atoms with Crippen LogP contribution in [0.2, 0.25) is 0 Å². The van der Waals surface area contributed by atoms with E-state index in [1.165, 1.54) is 5.56 Å². The molecule has 5 heteroatoms. The lowest BCUT2D eigenvalue weighted by atomic mass is 10.0. The lowest BCUT2D eigenvalue weighted by Gasteiger charge is -2.41. The van der Waals surface area contributed by atoms with Crippen molar-refractivity contribution in [1.29, 1.82) is 0 Å². The molecule has 0 bridgehead atoms. The molecule has 0 aromatic heterocycles. The number of carbonyl (C=O) groups is 2. The molecule has 2 aliphatic heterocycles. The average molecular weight is 343 g/mol. The van der Waals surface area contributed by atoms with Crippen LogP contribution in [0, 0.1) is 0 Å². The van der Waals surface area contributed by atoms with Crippen LogP contribution in [0.4, 0.5) is 0 Å². The monoisotopic (exact) mass is 343 g/mol. The van der Waals surface area contributed by atoms with Crippen LogP contribution >= 0.6 is 0 Å². The van der Waals surface area contributed by atoms with Gasteiger partial charge >= 0.3 is 0 Å². The number of benzene rings is 1. The van der Waals surface area contributed by atoms with Crippen molar-refractivity contribution in [3.05, 3.63) is 35.9 Å². The predicted octanol–water partition coefficient (Wildman–Crippen LogP) is 2.29. The normalized spacial score (nSPS) is 23.2. The molecule has 3 rings (SSSR count). The van der Waals surface area contributed by atoms with Gasteiger partial charge in [0.05, 0.1) is 12.6 Å². The number of amides is 2. The molecule has 0 spiro atoms. The van der Waals surface area contributed by atoms with Crippen LogP contribution in [0.5, 0.6) is 0 Å². The van der Waals surface area contributed by atoms with Crippen molar-refractivity contribution < 1.29 is 9.59 Å². The highest BCUT2D eigenvalue weighted by molar-refractivity contribution is 5.85. The van der Waals surface area contributed by atoms with Crippen LogP contribution < -0.4 is 0 Å². The van der Waals surface area contributed by atoms with Gasteiger partial charge in [-0.05, 0) is 25.5 Å². The van der Waals surface area contributed by atoms with Gasteiger partial charge in [0.1, 0.15) is 0 Å². The molecule has 0 aliphatic carbocycles. The van der Waals surface area contributed by atoms with E-state index in [4.69, 9.17) is 0 Å². The third kappa shape index (κ3) is 4.60. The predicted molar refractivity (Wildman–Crippen MR) is 98.1 cm³/mol. The Morgan fingerprint density at radius 2 is 1.80 bits per heavy atom. The molecule has 2 saturated heterocycles. The molecule has 1 aromatic rings. The van der Waals surface area contributed by atoms with Gasteiger partial charge in [-0.2, -0.15) is 0 Å². The lowest BCUT2D eigenvalue weighted by molar-refractivity contribution is -0.144. The van der Waals surface area contributed by atoms with Gasteiger partial charge in [0.15, 0.2) is 0 Å². The number of piperazine rings is 1. The number of nitrogens with zero attached hydrogens (tertiary/aromatic N) is 3. The fourth-order valence-electron chi connectivity index (χ4n) is 3.81. The van der Waals surface area contributed by atoms with E-state index in [9.17, 15) is 9.59 Å². The molecule has 0 N–H and O–H groups in total. The molecular formula is C20H29N3O2. The van der Waals surface area contributed by atoms with E-state index in [1.807, 2.05) is 23.1 Å². The van der Waals surface area contributed by atoms with Crippen molar-refractivity contribution >= 4 is 11.8 Å². The fraction of sp³-hybridized carbons (Fsp3) is 0.600. The molecule has 1 aromatic carbocycles. The minimum atomic E-state index is 0.0670. The number of likely N-dealkylation sites (N-methyl/N-ethyl adjacent to an activating group) is 1. The van der Waals surface area contributed by atoms with E-state index >= 15 is 0 Å². The van der Waals surface area contributed by atoms with Crippen molar-refractivity contribution in [2.24, 2.45) is 0 Å². The molecule has 2 amide bonds. The van der Waals surface area contributed by atoms with E-state index < -0.39 is 0 Å². The molecular weight excluding hydrogens is 314 g/mol. The minimum absolute atomic E-state index is 0.0670. The van der Waals surface area contributed by atoms with Crippen LogP contribution in [0.25, 0.3) is 0 Å². The fourth-order valence-corrected chi connectivity index (χ4v) is 3.81. The van der Waals surface area contributed by atoms with Crippen molar-refractivity contribution in [3.63, 3.8) is 0 Å². The van der Waals surface area contributed by atoms with Gasteiger partial charge in [0.25, 0.3) is 0 Å². The summed E-state index contributed by atoms with van der Waals surface area (Å²) in [6, 6.07) is 10.3. The molecule has 136 valence electrons. The van der Waals surface area contributed by atoms with E-state index in [2.05, 4.69) is 24.1 Å². The Morgan fingerprint density at radius 3 is 2.60 bits per heavy atom. The molecule has 2 aliphatic rings. The maximum atomic E-state index is 13.0. The van der Waals surface area contributed by atoms with E-state index in [-0.39, 0.29) is 24.4 Å². The smallest absolute Gasteiger partial charge is 0.242 e. The second kappa shape index (κ2) is 8.48. The van der Waals surface area contributed by atoms with Gasteiger partial charge in [-0.1, -0.05) is 43.2 Å². The minimum Gasteiger partial charge on any atom is -0.333 e. The number of hydrogen-bond donors (Lipinski definition) is 0. The lowest BCUT2D eigenvalue weighted by Crippen LogP contribution is -2.52. The van der Waals surface area contributed by atoms with E-state index in [0.29, 0.717) is 13.0 Å². The topological polar surface area (TPSA) is 43.9 Å². The Kier molecular flexibility index (Phi) is 6.08. The third-order valence-electron chi connectivity index (χ3n) is 5.34. The quantitative estimate of drug-likeness (QED) is 0.846. The second-order valence-corrected chi connectivity index (χ2v) is 7.26. The Hall–Kier alpha value is -1.88. The summed E-state index contributed by atoms with van der Waals surface area (Å²) in [6.45, 7) is 3.38. The van der Waals surface area contributed by atoms with Gasteiger partial charge in [0.2, 0.25) is 11.8 Å². The van der Waals surface area contributed by atoms with Crippen molar-refractivity contribution in [1.82, 2.24) is 14.7 Å². The highest BCUT2D eigenvalue weighted by Crippen LogP contribution is 2.25.